The van der Waals surface area contributed by atoms with Gasteiger partial charge in [-0.3, -0.25) is 4.90 Å². The number of amides is 1. The van der Waals surface area contributed by atoms with Gasteiger partial charge in [0.15, 0.2) is 0 Å². The topological polar surface area (TPSA) is 64.1 Å². The van der Waals surface area contributed by atoms with E-state index in [-0.39, 0.29) is 12.1 Å². The summed E-state index contributed by atoms with van der Waals surface area (Å²) in [7, 11) is -0.124. The zero-order valence-corrected chi connectivity index (χ0v) is 25.6. The molecule has 0 bridgehead atoms. The van der Waals surface area contributed by atoms with Gasteiger partial charge >= 0.3 is 6.09 Å². The van der Waals surface area contributed by atoms with Gasteiger partial charge in [0, 0.05) is 31.7 Å². The van der Waals surface area contributed by atoms with Crippen LogP contribution in [0.3, 0.4) is 0 Å². The van der Waals surface area contributed by atoms with E-state index >= 15 is 0 Å². The van der Waals surface area contributed by atoms with Crippen molar-refractivity contribution in [1.29, 1.82) is 0 Å². The standard InChI is InChI=1S/C28H35Cl2N3O4Si/c1-28(2,3)37-27(34)33-13-12-32-16-19-21(11-14-38(5,6)7)31-25(23-20(29)9-8-10-22(23)35-4)24(30)26(19)36-17-18(32)15-33/h8-10,18H,12-13,15-17H2,1-7H3/t18-/m1/s1. The summed E-state index contributed by atoms with van der Waals surface area (Å²) in [5.41, 5.74) is 5.44. The molecule has 0 aliphatic carbocycles. The number of hydrogen-bond acceptors (Lipinski definition) is 6. The lowest BCUT2D eigenvalue weighted by atomic mass is 10.0. The number of carbonyl (C=O) groups excluding carboxylic acids is 1. The highest BCUT2D eigenvalue weighted by Crippen LogP contribution is 2.45. The third kappa shape index (κ3) is 6.40. The molecule has 0 unspecified atom stereocenters. The van der Waals surface area contributed by atoms with Crippen molar-refractivity contribution in [3.05, 3.63) is 39.5 Å². The largest absolute Gasteiger partial charge is 0.496 e. The van der Waals surface area contributed by atoms with E-state index in [1.54, 1.807) is 18.1 Å². The Morgan fingerprint density at radius 2 is 1.95 bits per heavy atom. The number of carbonyl (C=O) groups is 1. The molecule has 3 heterocycles. The minimum absolute atomic E-state index is 0.0316. The van der Waals surface area contributed by atoms with Crippen LogP contribution < -0.4 is 9.47 Å². The molecule has 1 amide bonds. The molecule has 0 radical (unpaired) electrons. The van der Waals surface area contributed by atoms with Crippen molar-refractivity contribution in [2.45, 2.75) is 58.6 Å². The molecular formula is C28H35Cl2N3O4Si. The van der Waals surface area contributed by atoms with E-state index in [4.69, 9.17) is 42.4 Å². The van der Waals surface area contributed by atoms with Crippen molar-refractivity contribution < 1.29 is 19.0 Å². The number of hydrogen-bond donors (Lipinski definition) is 0. The predicted molar refractivity (Wildman–Crippen MR) is 154 cm³/mol. The molecule has 4 rings (SSSR count). The molecule has 0 spiro atoms. The van der Waals surface area contributed by atoms with Crippen LogP contribution in [0.4, 0.5) is 4.79 Å². The van der Waals surface area contributed by atoms with E-state index in [2.05, 4.69) is 36.0 Å². The van der Waals surface area contributed by atoms with Gasteiger partial charge in [0.05, 0.1) is 29.4 Å². The van der Waals surface area contributed by atoms with Crippen LogP contribution in [0.25, 0.3) is 11.3 Å². The predicted octanol–water partition coefficient (Wildman–Crippen LogP) is 6.11. The smallest absolute Gasteiger partial charge is 0.410 e. The van der Waals surface area contributed by atoms with Gasteiger partial charge in [-0.2, -0.15) is 0 Å². The third-order valence-corrected chi connectivity index (χ3v) is 7.76. The van der Waals surface area contributed by atoms with E-state index in [0.29, 0.717) is 71.3 Å². The van der Waals surface area contributed by atoms with Crippen LogP contribution >= 0.6 is 23.2 Å². The van der Waals surface area contributed by atoms with Gasteiger partial charge in [0.1, 0.15) is 42.5 Å². The molecule has 0 N–H and O–H groups in total. The molecule has 1 aromatic carbocycles. The van der Waals surface area contributed by atoms with Crippen LogP contribution in [0.15, 0.2) is 18.2 Å². The van der Waals surface area contributed by atoms with E-state index in [1.807, 2.05) is 32.9 Å². The van der Waals surface area contributed by atoms with Crippen LogP contribution in [0.1, 0.15) is 32.0 Å². The van der Waals surface area contributed by atoms with E-state index < -0.39 is 13.7 Å². The molecule has 0 saturated carbocycles. The van der Waals surface area contributed by atoms with Gasteiger partial charge in [-0.05, 0) is 32.9 Å². The fraction of sp³-hybridized carbons (Fsp3) is 0.500. The molecule has 1 saturated heterocycles. The number of benzene rings is 1. The van der Waals surface area contributed by atoms with E-state index in [0.717, 1.165) is 5.56 Å². The summed E-state index contributed by atoms with van der Waals surface area (Å²) >= 11 is 13.6. The molecular weight excluding hydrogens is 541 g/mol. The number of halogens is 2. The number of pyridine rings is 1. The van der Waals surface area contributed by atoms with Gasteiger partial charge in [-0.15, -0.1) is 5.54 Å². The van der Waals surface area contributed by atoms with Crippen LogP contribution in [0.5, 0.6) is 11.5 Å². The molecule has 1 aromatic heterocycles. The van der Waals surface area contributed by atoms with Gasteiger partial charge in [0.2, 0.25) is 0 Å². The van der Waals surface area contributed by atoms with Crippen LogP contribution in [0.2, 0.25) is 29.7 Å². The minimum atomic E-state index is -1.71. The number of ether oxygens (including phenoxy) is 3. The average molecular weight is 577 g/mol. The lowest BCUT2D eigenvalue weighted by molar-refractivity contribution is -0.00155. The zero-order valence-electron chi connectivity index (χ0n) is 23.1. The van der Waals surface area contributed by atoms with Crippen molar-refractivity contribution in [1.82, 2.24) is 14.8 Å². The molecule has 7 nitrogen and oxygen atoms in total. The number of aromatic nitrogens is 1. The Morgan fingerprint density at radius 1 is 1.21 bits per heavy atom. The Balaban J connectivity index is 1.76. The lowest BCUT2D eigenvalue weighted by Crippen LogP contribution is -2.56. The second kappa shape index (κ2) is 11.0. The van der Waals surface area contributed by atoms with Crippen LogP contribution in [-0.4, -0.2) is 73.9 Å². The Hall–Kier alpha value is -2.44. The second-order valence-electron chi connectivity index (χ2n) is 11.6. The van der Waals surface area contributed by atoms with Crippen LogP contribution in [-0.2, 0) is 11.3 Å². The summed E-state index contributed by atoms with van der Waals surface area (Å²) in [5, 5.41) is 0.843. The molecule has 38 heavy (non-hydrogen) atoms. The number of nitrogens with zero attached hydrogens (tertiary/aromatic N) is 3. The van der Waals surface area contributed by atoms with Crippen molar-refractivity contribution in [2.75, 3.05) is 33.4 Å². The maximum atomic E-state index is 12.7. The number of fused-ring (bicyclic) bond motifs is 2. The monoisotopic (exact) mass is 575 g/mol. The summed E-state index contributed by atoms with van der Waals surface area (Å²) in [6.07, 6.45) is -0.312. The summed E-state index contributed by atoms with van der Waals surface area (Å²) in [6, 6.07) is 5.39. The fourth-order valence-corrected chi connectivity index (χ4v) is 5.48. The van der Waals surface area contributed by atoms with Crippen molar-refractivity contribution >= 4 is 37.4 Å². The highest BCUT2D eigenvalue weighted by Gasteiger charge is 2.36. The van der Waals surface area contributed by atoms with Crippen LogP contribution in [0, 0.1) is 11.5 Å². The Labute approximate surface area is 236 Å². The Kier molecular flexibility index (Phi) is 8.25. The lowest BCUT2D eigenvalue weighted by Gasteiger charge is -2.40. The quantitative estimate of drug-likeness (QED) is 0.318. The molecule has 2 aromatic rings. The maximum Gasteiger partial charge on any atom is 0.410 e. The van der Waals surface area contributed by atoms with Crippen molar-refractivity contribution in [2.24, 2.45) is 0 Å². The minimum Gasteiger partial charge on any atom is -0.496 e. The molecule has 1 fully saturated rings. The first-order valence-corrected chi connectivity index (χ1v) is 17.0. The highest BCUT2D eigenvalue weighted by molar-refractivity contribution is 6.83. The summed E-state index contributed by atoms with van der Waals surface area (Å²) in [5.74, 6) is 4.47. The molecule has 2 aliphatic rings. The SMILES string of the molecule is COc1cccc(Cl)c1-c1nc(C#C[Si](C)(C)C)c2c(c1Cl)OC[C@H]1CN(C(=O)OC(C)(C)C)CCN1C2. The Bertz CT molecular complexity index is 1290. The van der Waals surface area contributed by atoms with Gasteiger partial charge < -0.3 is 19.1 Å². The van der Waals surface area contributed by atoms with E-state index in [9.17, 15) is 4.79 Å². The number of rotatable bonds is 2. The highest BCUT2D eigenvalue weighted by atomic mass is 35.5. The summed E-state index contributed by atoms with van der Waals surface area (Å²) in [4.78, 5) is 21.8. The molecule has 204 valence electrons. The summed E-state index contributed by atoms with van der Waals surface area (Å²) in [6.45, 7) is 14.8. The first-order valence-electron chi connectivity index (χ1n) is 12.7. The summed E-state index contributed by atoms with van der Waals surface area (Å²) < 4.78 is 17.6. The number of methoxy groups -OCH3 is 1. The fourth-order valence-electron chi connectivity index (χ4n) is 4.43. The van der Waals surface area contributed by atoms with Gasteiger partial charge in [-0.1, -0.05) is 54.8 Å². The third-order valence-electron chi connectivity index (χ3n) is 6.22. The molecule has 2 aliphatic heterocycles. The number of piperazine rings is 1. The zero-order chi connectivity index (χ0) is 27.8. The molecule has 10 heteroatoms. The first-order chi connectivity index (χ1) is 17.8. The first kappa shape index (κ1) is 28.6. The second-order valence-corrected chi connectivity index (χ2v) is 17.1. The van der Waals surface area contributed by atoms with Crippen molar-refractivity contribution in [3.63, 3.8) is 0 Å². The molecule has 1 atom stereocenters. The Morgan fingerprint density at radius 3 is 2.61 bits per heavy atom. The van der Waals surface area contributed by atoms with Gasteiger partial charge in [-0.25, -0.2) is 9.78 Å². The van der Waals surface area contributed by atoms with Gasteiger partial charge in [0.25, 0.3) is 0 Å². The van der Waals surface area contributed by atoms with Crippen molar-refractivity contribution in [3.8, 4) is 34.2 Å². The maximum absolute atomic E-state index is 12.7. The van der Waals surface area contributed by atoms with E-state index in [1.165, 1.54) is 0 Å². The average Bonchev–Trinajstić information content (AvgIpc) is 3.02. The normalized spacial score (nSPS) is 17.8.